The molecule has 0 spiro atoms. The standard InChI is InChI=1S/C9H16OS2/c1-4-5-6-8-11-7-9(2,3)12(8)10/h6H,4-5,7H2,1-3H3/b8-6-. The van der Waals surface area contributed by atoms with Gasteiger partial charge in [-0.1, -0.05) is 19.4 Å². The number of allylic oxidation sites excluding steroid dienone is 1. The Morgan fingerprint density at radius 3 is 2.75 bits per heavy atom. The summed E-state index contributed by atoms with van der Waals surface area (Å²) in [6.07, 6.45) is 4.33. The van der Waals surface area contributed by atoms with Gasteiger partial charge >= 0.3 is 0 Å². The van der Waals surface area contributed by atoms with Crippen LogP contribution in [-0.4, -0.2) is 14.7 Å². The van der Waals surface area contributed by atoms with Crippen LogP contribution in [0.3, 0.4) is 0 Å². The highest BCUT2D eigenvalue weighted by atomic mass is 32.2. The van der Waals surface area contributed by atoms with Gasteiger partial charge in [0, 0.05) is 5.75 Å². The van der Waals surface area contributed by atoms with Crippen LogP contribution >= 0.6 is 11.8 Å². The zero-order valence-corrected chi connectivity index (χ0v) is 9.56. The lowest BCUT2D eigenvalue weighted by Gasteiger charge is -2.12. The topological polar surface area (TPSA) is 17.1 Å². The van der Waals surface area contributed by atoms with Gasteiger partial charge in [0.05, 0.1) is 19.8 Å². The van der Waals surface area contributed by atoms with E-state index in [-0.39, 0.29) is 4.75 Å². The van der Waals surface area contributed by atoms with E-state index in [4.69, 9.17) is 0 Å². The Morgan fingerprint density at radius 2 is 2.33 bits per heavy atom. The van der Waals surface area contributed by atoms with E-state index >= 15 is 0 Å². The van der Waals surface area contributed by atoms with E-state index in [2.05, 4.69) is 26.8 Å². The molecule has 1 fully saturated rings. The summed E-state index contributed by atoms with van der Waals surface area (Å²) in [5, 5.41) is 0. The van der Waals surface area contributed by atoms with E-state index in [0.29, 0.717) is 0 Å². The molecule has 1 aliphatic rings. The fourth-order valence-electron chi connectivity index (χ4n) is 1.02. The van der Waals surface area contributed by atoms with Crippen LogP contribution in [0.15, 0.2) is 10.3 Å². The smallest absolute Gasteiger partial charge is 0.0682 e. The molecule has 1 heterocycles. The molecule has 1 atom stereocenters. The lowest BCUT2D eigenvalue weighted by molar-refractivity contribution is 0.661. The van der Waals surface area contributed by atoms with Crippen LogP contribution < -0.4 is 0 Å². The van der Waals surface area contributed by atoms with Crippen molar-refractivity contribution in [2.45, 2.75) is 38.4 Å². The van der Waals surface area contributed by atoms with Gasteiger partial charge in [0.15, 0.2) is 0 Å². The minimum Gasteiger partial charge on any atom is -0.253 e. The third-order valence-electron chi connectivity index (χ3n) is 1.85. The van der Waals surface area contributed by atoms with Gasteiger partial charge in [-0.2, -0.15) is 0 Å². The zero-order valence-electron chi connectivity index (χ0n) is 7.92. The van der Waals surface area contributed by atoms with E-state index in [1.54, 1.807) is 11.8 Å². The molecule has 1 unspecified atom stereocenters. The van der Waals surface area contributed by atoms with E-state index in [0.717, 1.165) is 22.8 Å². The van der Waals surface area contributed by atoms with Crippen molar-refractivity contribution in [2.75, 3.05) is 5.75 Å². The molecule has 0 aromatic rings. The van der Waals surface area contributed by atoms with Gasteiger partial charge in [-0.25, -0.2) is 0 Å². The average Bonchev–Trinajstić information content (AvgIpc) is 2.26. The highest BCUT2D eigenvalue weighted by molar-refractivity contribution is 8.20. The summed E-state index contributed by atoms with van der Waals surface area (Å²) in [5.74, 6) is 0.995. The van der Waals surface area contributed by atoms with Crippen LogP contribution in [0.5, 0.6) is 0 Å². The van der Waals surface area contributed by atoms with Gasteiger partial charge < -0.3 is 0 Å². The molecule has 1 nitrogen and oxygen atoms in total. The Labute approximate surface area is 81.5 Å². The van der Waals surface area contributed by atoms with Crippen molar-refractivity contribution < 1.29 is 4.21 Å². The van der Waals surface area contributed by atoms with Crippen molar-refractivity contribution in [1.29, 1.82) is 0 Å². The van der Waals surface area contributed by atoms with Crippen LogP contribution in [0.1, 0.15) is 33.6 Å². The SMILES string of the molecule is CCC/C=C1/SCC(C)(C)S1=O. The minimum atomic E-state index is -0.748. The molecule has 3 heteroatoms. The highest BCUT2D eigenvalue weighted by Gasteiger charge is 2.35. The fraction of sp³-hybridized carbons (Fsp3) is 0.778. The molecule has 0 saturated carbocycles. The molecule has 70 valence electrons. The second-order valence-electron chi connectivity index (χ2n) is 3.63. The maximum atomic E-state index is 11.8. The number of unbranched alkanes of at least 4 members (excludes halogenated alkanes) is 1. The lowest BCUT2D eigenvalue weighted by atomic mass is 10.2. The second kappa shape index (κ2) is 3.97. The van der Waals surface area contributed by atoms with E-state index in [1.807, 2.05) is 0 Å². The van der Waals surface area contributed by atoms with Crippen molar-refractivity contribution in [3.8, 4) is 0 Å². The van der Waals surface area contributed by atoms with Gasteiger partial charge in [0.2, 0.25) is 0 Å². The Kier molecular flexibility index (Phi) is 3.41. The first kappa shape index (κ1) is 10.3. The largest absolute Gasteiger partial charge is 0.253 e. The summed E-state index contributed by atoms with van der Waals surface area (Å²) in [7, 11) is -0.748. The molecule has 0 amide bonds. The number of rotatable bonds is 2. The molecule has 0 aromatic carbocycles. The third-order valence-corrected chi connectivity index (χ3v) is 5.83. The predicted octanol–water partition coefficient (Wildman–Crippen LogP) is 2.90. The van der Waals surface area contributed by atoms with Crippen molar-refractivity contribution >= 4 is 22.6 Å². The van der Waals surface area contributed by atoms with Crippen LogP contribution in [0, 0.1) is 0 Å². The molecule has 1 rings (SSSR count). The van der Waals surface area contributed by atoms with Crippen molar-refractivity contribution in [1.82, 2.24) is 0 Å². The first-order valence-electron chi connectivity index (χ1n) is 4.33. The van der Waals surface area contributed by atoms with Crippen LogP contribution in [-0.2, 0) is 10.8 Å². The van der Waals surface area contributed by atoms with E-state index < -0.39 is 10.8 Å². The Bertz CT molecular complexity index is 219. The molecule has 0 radical (unpaired) electrons. The van der Waals surface area contributed by atoms with E-state index in [9.17, 15) is 4.21 Å². The first-order chi connectivity index (χ1) is 5.58. The monoisotopic (exact) mass is 204 g/mol. The third kappa shape index (κ3) is 2.13. The molecule has 1 saturated heterocycles. The molecule has 1 aliphatic heterocycles. The second-order valence-corrected chi connectivity index (χ2v) is 6.99. The fourth-order valence-corrected chi connectivity index (χ4v) is 4.45. The summed E-state index contributed by atoms with van der Waals surface area (Å²) in [6.45, 7) is 6.29. The molecule has 12 heavy (non-hydrogen) atoms. The predicted molar refractivity (Wildman–Crippen MR) is 57.7 cm³/mol. The van der Waals surface area contributed by atoms with Gasteiger partial charge in [0.1, 0.15) is 0 Å². The van der Waals surface area contributed by atoms with Crippen molar-refractivity contribution in [2.24, 2.45) is 0 Å². The van der Waals surface area contributed by atoms with Crippen LogP contribution in [0.25, 0.3) is 0 Å². The zero-order chi connectivity index (χ0) is 9.19. The number of thioether (sulfide) groups is 1. The Hall–Kier alpha value is 0.240. The lowest BCUT2D eigenvalue weighted by Crippen LogP contribution is -2.23. The van der Waals surface area contributed by atoms with Crippen LogP contribution in [0.4, 0.5) is 0 Å². The summed E-state index contributed by atoms with van der Waals surface area (Å²) >= 11 is 1.76. The molecule has 0 aliphatic carbocycles. The minimum absolute atomic E-state index is 0.00968. The first-order valence-corrected chi connectivity index (χ1v) is 6.46. The summed E-state index contributed by atoms with van der Waals surface area (Å²) < 4.78 is 12.8. The average molecular weight is 204 g/mol. The highest BCUT2D eigenvalue weighted by Crippen LogP contribution is 2.39. The molecule has 0 bridgehead atoms. The van der Waals surface area contributed by atoms with Gasteiger partial charge in [-0.05, 0) is 20.3 Å². The molecular weight excluding hydrogens is 188 g/mol. The quantitative estimate of drug-likeness (QED) is 0.688. The number of hydrogen-bond acceptors (Lipinski definition) is 2. The van der Waals surface area contributed by atoms with Crippen molar-refractivity contribution in [3.63, 3.8) is 0 Å². The molecular formula is C9H16OS2. The Balaban J connectivity index is 2.67. The number of hydrogen-bond donors (Lipinski definition) is 0. The van der Waals surface area contributed by atoms with Gasteiger partial charge in [-0.15, -0.1) is 11.8 Å². The summed E-state index contributed by atoms with van der Waals surface area (Å²) in [6, 6.07) is 0. The normalized spacial score (nSPS) is 31.2. The van der Waals surface area contributed by atoms with Crippen molar-refractivity contribution in [3.05, 3.63) is 10.3 Å². The summed E-state index contributed by atoms with van der Waals surface area (Å²) in [5.41, 5.74) is 0. The van der Waals surface area contributed by atoms with Crippen LogP contribution in [0.2, 0.25) is 0 Å². The maximum Gasteiger partial charge on any atom is 0.0682 e. The van der Waals surface area contributed by atoms with E-state index in [1.165, 1.54) is 0 Å². The maximum absolute atomic E-state index is 11.8. The van der Waals surface area contributed by atoms with Gasteiger partial charge in [-0.3, -0.25) is 4.21 Å². The molecule has 0 aromatic heterocycles. The summed E-state index contributed by atoms with van der Waals surface area (Å²) in [4.78, 5) is 0. The van der Waals surface area contributed by atoms with Gasteiger partial charge in [0.25, 0.3) is 0 Å². The molecule has 0 N–H and O–H groups in total. The Morgan fingerprint density at radius 1 is 1.67 bits per heavy atom.